The van der Waals surface area contributed by atoms with Gasteiger partial charge in [-0.3, -0.25) is 5.10 Å². The van der Waals surface area contributed by atoms with E-state index in [1.54, 1.807) is 0 Å². The van der Waals surface area contributed by atoms with Crippen molar-refractivity contribution in [1.29, 1.82) is 0 Å². The van der Waals surface area contributed by atoms with E-state index in [9.17, 15) is 8.78 Å². The zero-order valence-corrected chi connectivity index (χ0v) is 18.0. The van der Waals surface area contributed by atoms with Gasteiger partial charge in [0.15, 0.2) is 11.6 Å². The second kappa shape index (κ2) is 8.33. The number of aromatic nitrogens is 4. The predicted octanol–water partition coefficient (Wildman–Crippen LogP) is 4.45. The summed E-state index contributed by atoms with van der Waals surface area (Å²) < 4.78 is 28.7. The van der Waals surface area contributed by atoms with Crippen LogP contribution < -0.4 is 10.2 Å². The average molecular weight is 456 g/mol. The highest BCUT2D eigenvalue weighted by molar-refractivity contribution is 6.33. The van der Waals surface area contributed by atoms with Crippen molar-refractivity contribution in [2.75, 3.05) is 43.4 Å². The summed E-state index contributed by atoms with van der Waals surface area (Å²) in [6.07, 6.45) is 1.48. The van der Waals surface area contributed by atoms with Crippen molar-refractivity contribution in [3.8, 4) is 11.4 Å². The van der Waals surface area contributed by atoms with Crippen LogP contribution in [0.3, 0.4) is 0 Å². The lowest BCUT2D eigenvalue weighted by atomic mass is 10.2. The minimum Gasteiger partial charge on any atom is -0.368 e. The molecule has 0 amide bonds. The lowest BCUT2D eigenvalue weighted by Gasteiger charge is -2.34. The van der Waals surface area contributed by atoms with Gasteiger partial charge in [-0.2, -0.15) is 5.10 Å². The van der Waals surface area contributed by atoms with Crippen LogP contribution in [0.15, 0.2) is 42.6 Å². The summed E-state index contributed by atoms with van der Waals surface area (Å²) in [5, 5.41) is 10.6. The monoisotopic (exact) mass is 455 g/mol. The maximum atomic E-state index is 14.3. The molecule has 0 spiro atoms. The lowest BCUT2D eigenvalue weighted by Crippen LogP contribution is -2.44. The molecule has 10 heteroatoms. The fourth-order valence-electron chi connectivity index (χ4n) is 3.78. The Bertz CT molecular complexity index is 1260. The number of H-pyrrole nitrogens is 1. The van der Waals surface area contributed by atoms with Crippen molar-refractivity contribution < 1.29 is 8.78 Å². The molecule has 0 saturated carbocycles. The lowest BCUT2D eigenvalue weighted by molar-refractivity contribution is 0.313. The summed E-state index contributed by atoms with van der Waals surface area (Å²) in [4.78, 5) is 13.2. The van der Waals surface area contributed by atoms with Gasteiger partial charge in [0.2, 0.25) is 0 Å². The molecule has 0 radical (unpaired) electrons. The number of hydrogen-bond acceptors (Lipinski definition) is 6. The molecule has 164 valence electrons. The zero-order chi connectivity index (χ0) is 22.2. The molecule has 1 saturated heterocycles. The normalized spacial score (nSPS) is 14.8. The maximum absolute atomic E-state index is 14.3. The maximum Gasteiger partial charge on any atom is 0.168 e. The first kappa shape index (κ1) is 20.6. The van der Waals surface area contributed by atoms with Gasteiger partial charge in [0.25, 0.3) is 0 Å². The fourth-order valence-corrected chi connectivity index (χ4v) is 4.08. The number of benzene rings is 2. The van der Waals surface area contributed by atoms with Crippen molar-refractivity contribution in [2.24, 2.45) is 0 Å². The van der Waals surface area contributed by atoms with Crippen LogP contribution >= 0.6 is 11.6 Å². The molecule has 7 nitrogen and oxygen atoms in total. The molecular formula is C22H20ClF2N7. The molecule has 0 bridgehead atoms. The van der Waals surface area contributed by atoms with E-state index >= 15 is 0 Å². The summed E-state index contributed by atoms with van der Waals surface area (Å²) >= 11 is 6.58. The number of aromatic amines is 1. The summed E-state index contributed by atoms with van der Waals surface area (Å²) in [6.45, 7) is 3.76. The highest BCUT2D eigenvalue weighted by Crippen LogP contribution is 2.33. The number of nitrogens with one attached hydrogen (secondary N) is 2. The summed E-state index contributed by atoms with van der Waals surface area (Å²) in [5.74, 6) is -1.21. The second-order valence-corrected chi connectivity index (χ2v) is 8.11. The highest BCUT2D eigenvalue weighted by Gasteiger charge is 2.19. The molecule has 2 aromatic carbocycles. The van der Waals surface area contributed by atoms with Gasteiger partial charge in [0.1, 0.15) is 22.7 Å². The Morgan fingerprint density at radius 2 is 1.78 bits per heavy atom. The second-order valence-electron chi connectivity index (χ2n) is 7.70. The Labute approximate surface area is 188 Å². The van der Waals surface area contributed by atoms with Gasteiger partial charge < -0.3 is 15.1 Å². The van der Waals surface area contributed by atoms with Gasteiger partial charge in [-0.05, 0) is 37.4 Å². The molecule has 2 N–H and O–H groups in total. The third-order valence-electron chi connectivity index (χ3n) is 5.54. The molecule has 1 aliphatic heterocycles. The van der Waals surface area contributed by atoms with Crippen LogP contribution in [0.4, 0.5) is 26.0 Å². The number of anilines is 3. The molecule has 0 atom stereocenters. The topological polar surface area (TPSA) is 73.0 Å². The SMILES string of the molecule is CN1CCN(c2ccc(Nc3nc(-c4c(F)cccc4F)nc4cn[nH]c34)cc2Cl)CC1. The molecule has 3 heterocycles. The summed E-state index contributed by atoms with van der Waals surface area (Å²) in [6, 6.07) is 9.30. The summed E-state index contributed by atoms with van der Waals surface area (Å²) in [7, 11) is 2.10. The number of rotatable bonds is 4. The Balaban J connectivity index is 1.49. The first-order valence-corrected chi connectivity index (χ1v) is 10.5. The average Bonchev–Trinajstić information content (AvgIpc) is 3.24. The number of hydrogen-bond donors (Lipinski definition) is 2. The molecule has 1 fully saturated rings. The summed E-state index contributed by atoms with van der Waals surface area (Å²) in [5.41, 5.74) is 2.31. The van der Waals surface area contributed by atoms with E-state index in [0.717, 1.165) is 31.9 Å². The van der Waals surface area contributed by atoms with Gasteiger partial charge in [-0.25, -0.2) is 18.7 Å². The number of halogens is 3. The predicted molar refractivity (Wildman–Crippen MR) is 121 cm³/mol. The van der Waals surface area contributed by atoms with Crippen LogP contribution in [-0.2, 0) is 0 Å². The van der Waals surface area contributed by atoms with Gasteiger partial charge in [0, 0.05) is 31.9 Å². The molecule has 1 aliphatic rings. The third kappa shape index (κ3) is 3.85. The molecule has 0 aliphatic carbocycles. The largest absolute Gasteiger partial charge is 0.368 e. The molecular weight excluding hydrogens is 436 g/mol. The van der Waals surface area contributed by atoms with E-state index < -0.39 is 11.6 Å². The Hall–Kier alpha value is -3.30. The third-order valence-corrected chi connectivity index (χ3v) is 5.84. The Morgan fingerprint density at radius 1 is 1.03 bits per heavy atom. The van der Waals surface area contributed by atoms with Crippen molar-refractivity contribution in [1.82, 2.24) is 25.1 Å². The molecule has 5 rings (SSSR count). The number of likely N-dealkylation sites (N-methyl/N-ethyl adjacent to an activating group) is 1. The minimum atomic E-state index is -0.738. The van der Waals surface area contributed by atoms with Gasteiger partial charge >= 0.3 is 0 Å². The number of piperazine rings is 1. The van der Waals surface area contributed by atoms with E-state index in [0.29, 0.717) is 27.6 Å². The quantitative estimate of drug-likeness (QED) is 0.474. The van der Waals surface area contributed by atoms with E-state index in [1.165, 1.54) is 24.4 Å². The van der Waals surface area contributed by atoms with E-state index in [4.69, 9.17) is 11.6 Å². The van der Waals surface area contributed by atoms with Crippen LogP contribution in [0.1, 0.15) is 0 Å². The highest BCUT2D eigenvalue weighted by atomic mass is 35.5. The number of nitrogens with zero attached hydrogens (tertiary/aromatic N) is 5. The van der Waals surface area contributed by atoms with Gasteiger partial charge in [-0.1, -0.05) is 17.7 Å². The van der Waals surface area contributed by atoms with E-state index in [-0.39, 0.29) is 11.4 Å². The first-order valence-electron chi connectivity index (χ1n) is 10.1. The smallest absolute Gasteiger partial charge is 0.168 e. The first-order chi connectivity index (χ1) is 15.5. The fraction of sp³-hybridized carbons (Fsp3) is 0.227. The Morgan fingerprint density at radius 3 is 2.50 bits per heavy atom. The van der Waals surface area contributed by atoms with Crippen LogP contribution in [0, 0.1) is 11.6 Å². The van der Waals surface area contributed by atoms with Crippen LogP contribution in [0.25, 0.3) is 22.4 Å². The van der Waals surface area contributed by atoms with Crippen LogP contribution in [0.2, 0.25) is 5.02 Å². The van der Waals surface area contributed by atoms with Gasteiger partial charge in [-0.15, -0.1) is 0 Å². The van der Waals surface area contributed by atoms with Crippen molar-refractivity contribution in [3.05, 3.63) is 59.3 Å². The van der Waals surface area contributed by atoms with Crippen LogP contribution in [0.5, 0.6) is 0 Å². The number of fused-ring (bicyclic) bond motifs is 1. The van der Waals surface area contributed by atoms with Crippen molar-refractivity contribution in [3.63, 3.8) is 0 Å². The molecule has 0 unspecified atom stereocenters. The molecule has 4 aromatic rings. The zero-order valence-electron chi connectivity index (χ0n) is 17.2. The van der Waals surface area contributed by atoms with E-state index in [1.807, 2.05) is 18.2 Å². The Kier molecular flexibility index (Phi) is 5.36. The van der Waals surface area contributed by atoms with Crippen molar-refractivity contribution in [2.45, 2.75) is 0 Å². The van der Waals surface area contributed by atoms with Gasteiger partial charge in [0.05, 0.1) is 22.5 Å². The molecule has 32 heavy (non-hydrogen) atoms. The van der Waals surface area contributed by atoms with E-state index in [2.05, 4.69) is 42.3 Å². The minimum absolute atomic E-state index is 0.0721. The standard InChI is InChI=1S/C22H20ClF2N7/c1-31-7-9-32(10-8-31)18-6-5-13(11-14(18)23)27-22-20-17(12-26-30-20)28-21(29-22)19-15(24)3-2-4-16(19)25/h2-6,11-12H,7-10H2,1H3,(H,26,30)(H,27,28,29). The van der Waals surface area contributed by atoms with Crippen LogP contribution in [-0.4, -0.2) is 58.3 Å². The van der Waals surface area contributed by atoms with Crippen molar-refractivity contribution >= 4 is 39.8 Å². The molecule has 2 aromatic heterocycles.